The van der Waals surface area contributed by atoms with E-state index in [9.17, 15) is 13.2 Å². The molecule has 1 aliphatic heterocycles. The van der Waals surface area contributed by atoms with Crippen LogP contribution in [0, 0.1) is 0 Å². The van der Waals surface area contributed by atoms with E-state index in [2.05, 4.69) is 11.0 Å². The summed E-state index contributed by atoms with van der Waals surface area (Å²) >= 11 is 0. The lowest BCUT2D eigenvalue weighted by Crippen LogP contribution is -2.32. The number of rotatable bonds is 0. The predicted molar refractivity (Wildman–Crippen MR) is 42.5 cm³/mol. The van der Waals surface area contributed by atoms with Crippen LogP contribution < -0.4 is 16.1 Å². The summed E-state index contributed by atoms with van der Waals surface area (Å²) < 4.78 is 36.7. The van der Waals surface area contributed by atoms with E-state index >= 15 is 0 Å². The van der Waals surface area contributed by atoms with Crippen molar-refractivity contribution in [2.75, 3.05) is 10.6 Å². The van der Waals surface area contributed by atoms with Crippen LogP contribution in [0.1, 0.15) is 5.56 Å². The molecule has 1 heterocycles. The van der Waals surface area contributed by atoms with Crippen LogP contribution in [0.2, 0.25) is 0 Å². The van der Waals surface area contributed by atoms with E-state index in [1.54, 1.807) is 0 Å². The van der Waals surface area contributed by atoms with E-state index in [0.29, 0.717) is 10.9 Å². The Morgan fingerprint density at radius 1 is 1.29 bits per heavy atom. The Balaban J connectivity index is 2.45. The van der Waals surface area contributed by atoms with Crippen molar-refractivity contribution in [2.45, 2.75) is 6.18 Å². The van der Waals surface area contributed by atoms with Crippen molar-refractivity contribution in [1.82, 2.24) is 5.53 Å². The second kappa shape index (κ2) is 2.76. The molecule has 0 radical (unpaired) electrons. The molecule has 0 saturated heterocycles. The molecule has 0 aliphatic carbocycles. The third-order valence-corrected chi connectivity index (χ3v) is 1.85. The van der Waals surface area contributed by atoms with Crippen molar-refractivity contribution >= 4 is 11.4 Å². The van der Waals surface area contributed by atoms with E-state index in [4.69, 9.17) is 5.21 Å². The van der Waals surface area contributed by atoms with Gasteiger partial charge in [-0.25, -0.2) is 0 Å². The van der Waals surface area contributed by atoms with Crippen molar-refractivity contribution < 1.29 is 18.4 Å². The largest absolute Gasteiger partial charge is 0.416 e. The Morgan fingerprint density at radius 2 is 2.00 bits per heavy atom. The maximum Gasteiger partial charge on any atom is 0.416 e. The number of anilines is 2. The summed E-state index contributed by atoms with van der Waals surface area (Å²) in [7, 11) is 0. The fourth-order valence-electron chi connectivity index (χ4n) is 1.16. The molecular weight excluding hydrogens is 199 g/mol. The maximum absolute atomic E-state index is 12.2. The maximum atomic E-state index is 12.2. The highest BCUT2D eigenvalue weighted by Gasteiger charge is 2.32. The van der Waals surface area contributed by atoms with E-state index < -0.39 is 11.7 Å². The Bertz CT molecular complexity index is 366. The van der Waals surface area contributed by atoms with E-state index in [1.165, 1.54) is 6.07 Å². The number of hydrazine groups is 2. The summed E-state index contributed by atoms with van der Waals surface area (Å²) in [6, 6.07) is 3.02. The second-order valence-corrected chi connectivity index (χ2v) is 2.78. The van der Waals surface area contributed by atoms with Gasteiger partial charge in [0.25, 0.3) is 0 Å². The highest BCUT2D eigenvalue weighted by molar-refractivity contribution is 5.72. The third-order valence-electron chi connectivity index (χ3n) is 1.85. The number of alkyl halides is 3. The van der Waals surface area contributed by atoms with Gasteiger partial charge in [-0.3, -0.25) is 10.6 Å². The molecule has 0 aromatic heterocycles. The number of nitrogens with zero attached hydrogens (tertiary/aromatic N) is 1. The van der Waals surface area contributed by atoms with Gasteiger partial charge in [0.1, 0.15) is 5.69 Å². The smallest absolute Gasteiger partial charge is 0.300 e. The van der Waals surface area contributed by atoms with Crippen molar-refractivity contribution in [1.29, 1.82) is 0 Å². The van der Waals surface area contributed by atoms with Gasteiger partial charge in [0, 0.05) is 0 Å². The Morgan fingerprint density at radius 3 is 2.64 bits per heavy atom. The Labute approximate surface area is 76.8 Å². The fraction of sp³-hybridized carbons (Fsp3) is 0.143. The molecule has 1 aromatic rings. The number of halogens is 3. The van der Waals surface area contributed by atoms with Crippen LogP contribution in [0.4, 0.5) is 24.5 Å². The standard InChI is InChI=1S/C7H6F3N3O/c8-7(9,10)4-1-2-5-6(3-4)13(14)12-11-5/h1-3,11-12,14H. The zero-order valence-electron chi connectivity index (χ0n) is 6.76. The van der Waals surface area contributed by atoms with Crippen molar-refractivity contribution in [3.8, 4) is 0 Å². The average molecular weight is 205 g/mol. The highest BCUT2D eigenvalue weighted by atomic mass is 19.4. The van der Waals surface area contributed by atoms with Crippen LogP contribution in [0.15, 0.2) is 18.2 Å². The summed E-state index contributed by atoms with van der Waals surface area (Å²) in [5, 5.41) is 9.55. The molecule has 3 N–H and O–H groups in total. The first-order valence-electron chi connectivity index (χ1n) is 3.70. The SMILES string of the molecule is ON1NNc2ccc(C(F)(F)F)cc21. The topological polar surface area (TPSA) is 47.5 Å². The van der Waals surface area contributed by atoms with E-state index in [-0.39, 0.29) is 5.69 Å². The van der Waals surface area contributed by atoms with Gasteiger partial charge < -0.3 is 0 Å². The number of hydrogen-bond acceptors (Lipinski definition) is 4. The zero-order chi connectivity index (χ0) is 10.3. The number of hydrogen-bond donors (Lipinski definition) is 3. The molecule has 0 unspecified atom stereocenters. The lowest BCUT2D eigenvalue weighted by molar-refractivity contribution is -0.137. The Kier molecular flexibility index (Phi) is 1.79. The molecule has 14 heavy (non-hydrogen) atoms. The molecule has 1 aliphatic rings. The minimum Gasteiger partial charge on any atom is -0.300 e. The molecule has 0 bridgehead atoms. The van der Waals surface area contributed by atoms with Gasteiger partial charge in [-0.15, -0.1) is 5.53 Å². The molecule has 0 saturated carbocycles. The summed E-state index contributed by atoms with van der Waals surface area (Å²) in [6.07, 6.45) is -4.40. The highest BCUT2D eigenvalue weighted by Crippen LogP contribution is 2.36. The van der Waals surface area contributed by atoms with Crippen molar-refractivity contribution in [2.24, 2.45) is 0 Å². The van der Waals surface area contributed by atoms with Crippen LogP contribution >= 0.6 is 0 Å². The molecule has 7 heteroatoms. The number of benzene rings is 1. The molecule has 1 aromatic carbocycles. The zero-order valence-corrected chi connectivity index (χ0v) is 6.76. The first-order valence-corrected chi connectivity index (χ1v) is 3.70. The van der Waals surface area contributed by atoms with Crippen LogP contribution in [0.5, 0.6) is 0 Å². The van der Waals surface area contributed by atoms with Crippen molar-refractivity contribution in [3.63, 3.8) is 0 Å². The van der Waals surface area contributed by atoms with Gasteiger partial charge in [0.2, 0.25) is 0 Å². The van der Waals surface area contributed by atoms with E-state index in [0.717, 1.165) is 12.1 Å². The van der Waals surface area contributed by atoms with Gasteiger partial charge in [0.15, 0.2) is 0 Å². The van der Waals surface area contributed by atoms with Crippen LogP contribution in [0.25, 0.3) is 0 Å². The normalized spacial score (nSPS) is 15.3. The minimum absolute atomic E-state index is 0.0415. The summed E-state index contributed by atoms with van der Waals surface area (Å²) in [6.45, 7) is 0. The third kappa shape index (κ3) is 1.36. The molecule has 0 fully saturated rings. The quantitative estimate of drug-likeness (QED) is 0.603. The molecule has 2 rings (SSSR count). The minimum atomic E-state index is -4.40. The van der Waals surface area contributed by atoms with Gasteiger partial charge in [-0.2, -0.15) is 18.3 Å². The van der Waals surface area contributed by atoms with Gasteiger partial charge >= 0.3 is 6.18 Å². The van der Waals surface area contributed by atoms with E-state index in [1.807, 2.05) is 0 Å². The van der Waals surface area contributed by atoms with Crippen LogP contribution in [-0.4, -0.2) is 5.21 Å². The summed E-state index contributed by atoms with van der Waals surface area (Å²) in [4.78, 5) is 0. The average Bonchev–Trinajstić information content (AvgIpc) is 2.46. The molecule has 4 nitrogen and oxygen atoms in total. The number of fused-ring (bicyclic) bond motifs is 1. The molecule has 0 amide bonds. The van der Waals surface area contributed by atoms with Crippen LogP contribution in [-0.2, 0) is 6.18 Å². The predicted octanol–water partition coefficient (Wildman–Crippen LogP) is 1.75. The Hall–Kier alpha value is -1.47. The van der Waals surface area contributed by atoms with Gasteiger partial charge in [-0.1, -0.05) is 0 Å². The monoisotopic (exact) mass is 205 g/mol. The second-order valence-electron chi connectivity index (χ2n) is 2.78. The molecule has 0 spiro atoms. The molecular formula is C7H6F3N3O. The summed E-state index contributed by atoms with van der Waals surface area (Å²) in [5.74, 6) is 0. The van der Waals surface area contributed by atoms with Crippen molar-refractivity contribution in [3.05, 3.63) is 23.8 Å². The lowest BCUT2D eigenvalue weighted by Gasteiger charge is -2.10. The first-order chi connectivity index (χ1) is 6.48. The number of nitrogens with one attached hydrogen (secondary N) is 2. The molecule has 76 valence electrons. The van der Waals surface area contributed by atoms with Gasteiger partial charge in [0.05, 0.1) is 11.3 Å². The molecule has 0 atom stereocenters. The first kappa shape index (κ1) is 9.10. The lowest BCUT2D eigenvalue weighted by atomic mass is 10.1. The van der Waals surface area contributed by atoms with Gasteiger partial charge in [-0.05, 0) is 18.2 Å². The van der Waals surface area contributed by atoms with Crippen LogP contribution in [0.3, 0.4) is 0 Å². The summed E-state index contributed by atoms with van der Waals surface area (Å²) in [5.41, 5.74) is 4.35. The fourth-order valence-corrected chi connectivity index (χ4v) is 1.16.